The van der Waals surface area contributed by atoms with Gasteiger partial charge in [-0.05, 0) is 25.2 Å². The highest BCUT2D eigenvalue weighted by Gasteiger charge is 2.23. The van der Waals surface area contributed by atoms with Gasteiger partial charge < -0.3 is 5.11 Å². The summed E-state index contributed by atoms with van der Waals surface area (Å²) in [4.78, 5) is 10.3. The van der Waals surface area contributed by atoms with Crippen LogP contribution in [0.3, 0.4) is 0 Å². The summed E-state index contributed by atoms with van der Waals surface area (Å²) in [6, 6.07) is 0. The molecule has 1 rings (SSSR count). The molecule has 4 heteroatoms. The molecule has 3 unspecified atom stereocenters. The van der Waals surface area contributed by atoms with E-state index in [1.165, 1.54) is 12.8 Å². The number of carboxylic acids is 1. The Morgan fingerprint density at radius 2 is 2.20 bits per heavy atom. The Bertz CT molecular complexity index is 240. The van der Waals surface area contributed by atoms with Crippen molar-refractivity contribution in [1.29, 1.82) is 0 Å². The monoisotopic (exact) mass is 232 g/mol. The maximum Gasteiger partial charge on any atom is 0.303 e. The summed E-state index contributed by atoms with van der Waals surface area (Å²) in [7, 11) is -0.807. The van der Waals surface area contributed by atoms with Crippen molar-refractivity contribution >= 4 is 16.8 Å². The van der Waals surface area contributed by atoms with Crippen LogP contribution in [0.4, 0.5) is 0 Å². The molecule has 0 aromatic rings. The smallest absolute Gasteiger partial charge is 0.303 e. The summed E-state index contributed by atoms with van der Waals surface area (Å²) >= 11 is 0. The molecule has 0 aromatic carbocycles. The second kappa shape index (κ2) is 6.26. The van der Waals surface area contributed by atoms with Crippen molar-refractivity contribution < 1.29 is 14.1 Å². The summed E-state index contributed by atoms with van der Waals surface area (Å²) in [6.45, 7) is 2.21. The first-order chi connectivity index (χ1) is 7.09. The van der Waals surface area contributed by atoms with E-state index in [1.54, 1.807) is 0 Å². The van der Waals surface area contributed by atoms with Crippen LogP contribution in [0.15, 0.2) is 0 Å². The Hall–Kier alpha value is -0.380. The summed E-state index contributed by atoms with van der Waals surface area (Å²) < 4.78 is 11.8. The summed E-state index contributed by atoms with van der Waals surface area (Å²) in [5, 5.41) is 8.80. The highest BCUT2D eigenvalue weighted by Crippen LogP contribution is 2.27. The van der Waals surface area contributed by atoms with E-state index in [-0.39, 0.29) is 6.42 Å². The van der Waals surface area contributed by atoms with Gasteiger partial charge in [0, 0.05) is 28.2 Å². The molecule has 1 fully saturated rings. The highest BCUT2D eigenvalue weighted by molar-refractivity contribution is 7.85. The van der Waals surface area contributed by atoms with E-state index in [0.717, 1.165) is 12.8 Å². The van der Waals surface area contributed by atoms with Crippen LogP contribution in [0.2, 0.25) is 0 Å². The van der Waals surface area contributed by atoms with Gasteiger partial charge in [-0.2, -0.15) is 0 Å². The zero-order valence-corrected chi connectivity index (χ0v) is 10.1. The third kappa shape index (κ3) is 4.78. The van der Waals surface area contributed by atoms with Crippen LogP contribution in [0.1, 0.15) is 45.4 Å². The molecule has 0 bridgehead atoms. The van der Waals surface area contributed by atoms with Gasteiger partial charge in [0.15, 0.2) is 0 Å². The van der Waals surface area contributed by atoms with Gasteiger partial charge in [0.25, 0.3) is 0 Å². The molecule has 1 aliphatic carbocycles. The molecular weight excluding hydrogens is 212 g/mol. The summed E-state index contributed by atoms with van der Waals surface area (Å²) in [5.41, 5.74) is 0. The minimum Gasteiger partial charge on any atom is -0.481 e. The van der Waals surface area contributed by atoms with E-state index >= 15 is 0 Å². The highest BCUT2D eigenvalue weighted by atomic mass is 32.2. The molecule has 0 radical (unpaired) electrons. The van der Waals surface area contributed by atoms with Gasteiger partial charge in [-0.15, -0.1) is 0 Å². The van der Waals surface area contributed by atoms with Crippen LogP contribution in [-0.4, -0.2) is 26.3 Å². The third-order valence-corrected chi connectivity index (χ3v) is 4.86. The van der Waals surface area contributed by atoms with Crippen molar-refractivity contribution in [2.24, 2.45) is 5.92 Å². The quantitative estimate of drug-likeness (QED) is 0.790. The molecule has 1 aliphatic rings. The van der Waals surface area contributed by atoms with Crippen LogP contribution >= 0.6 is 0 Å². The molecule has 1 N–H and O–H groups in total. The van der Waals surface area contributed by atoms with Crippen LogP contribution in [0.25, 0.3) is 0 Å². The lowest BCUT2D eigenvalue weighted by atomic mass is 9.91. The SMILES string of the molecule is CC1CCCC(S(=O)CCCC(=O)O)C1. The lowest BCUT2D eigenvalue weighted by Gasteiger charge is -2.25. The van der Waals surface area contributed by atoms with Crippen molar-refractivity contribution in [3.05, 3.63) is 0 Å². The molecule has 3 nitrogen and oxygen atoms in total. The molecule has 0 spiro atoms. The number of aliphatic carboxylic acids is 1. The van der Waals surface area contributed by atoms with Gasteiger partial charge in [-0.25, -0.2) is 0 Å². The predicted molar refractivity (Wildman–Crippen MR) is 61.3 cm³/mol. The molecule has 0 heterocycles. The molecule has 0 amide bonds. The van der Waals surface area contributed by atoms with E-state index < -0.39 is 16.8 Å². The molecule has 3 atom stereocenters. The van der Waals surface area contributed by atoms with Gasteiger partial charge in [-0.3, -0.25) is 9.00 Å². The lowest BCUT2D eigenvalue weighted by molar-refractivity contribution is -0.137. The second-order valence-electron chi connectivity index (χ2n) is 4.48. The zero-order chi connectivity index (χ0) is 11.3. The fourth-order valence-corrected chi connectivity index (χ4v) is 3.88. The maximum absolute atomic E-state index is 11.8. The van der Waals surface area contributed by atoms with E-state index in [4.69, 9.17) is 5.11 Å². The first-order valence-electron chi connectivity index (χ1n) is 5.68. The van der Waals surface area contributed by atoms with Crippen LogP contribution in [0.5, 0.6) is 0 Å². The number of hydrogen-bond donors (Lipinski definition) is 1. The van der Waals surface area contributed by atoms with Gasteiger partial charge in [0.1, 0.15) is 0 Å². The van der Waals surface area contributed by atoms with E-state index in [1.807, 2.05) is 0 Å². The molecule has 0 saturated heterocycles. The minimum absolute atomic E-state index is 0.147. The topological polar surface area (TPSA) is 54.4 Å². The fraction of sp³-hybridized carbons (Fsp3) is 0.909. The van der Waals surface area contributed by atoms with E-state index in [2.05, 4.69) is 6.92 Å². The average molecular weight is 232 g/mol. The number of carbonyl (C=O) groups is 1. The Kier molecular flexibility index (Phi) is 5.29. The Labute approximate surface area is 93.7 Å². The van der Waals surface area contributed by atoms with Gasteiger partial charge in [0.2, 0.25) is 0 Å². The summed E-state index contributed by atoms with van der Waals surface area (Å²) in [6.07, 6.45) is 5.24. The maximum atomic E-state index is 11.8. The molecule has 88 valence electrons. The fourth-order valence-electron chi connectivity index (χ4n) is 2.15. The second-order valence-corrected chi connectivity index (χ2v) is 6.31. The first kappa shape index (κ1) is 12.7. The molecule has 1 saturated carbocycles. The Balaban J connectivity index is 2.24. The van der Waals surface area contributed by atoms with E-state index in [0.29, 0.717) is 23.3 Å². The Morgan fingerprint density at radius 1 is 1.47 bits per heavy atom. The van der Waals surface area contributed by atoms with Crippen LogP contribution in [-0.2, 0) is 15.6 Å². The van der Waals surface area contributed by atoms with Crippen molar-refractivity contribution in [1.82, 2.24) is 0 Å². The van der Waals surface area contributed by atoms with Crippen molar-refractivity contribution in [2.45, 2.75) is 50.7 Å². The lowest BCUT2D eigenvalue weighted by Crippen LogP contribution is -2.24. The van der Waals surface area contributed by atoms with Crippen molar-refractivity contribution in [2.75, 3.05) is 5.75 Å². The molecular formula is C11H20O3S. The first-order valence-corrected chi connectivity index (χ1v) is 7.06. The number of rotatable bonds is 5. The number of carboxylic acid groups (broad SMARTS) is 1. The van der Waals surface area contributed by atoms with Crippen molar-refractivity contribution in [3.8, 4) is 0 Å². The van der Waals surface area contributed by atoms with Crippen LogP contribution < -0.4 is 0 Å². The van der Waals surface area contributed by atoms with Gasteiger partial charge in [-0.1, -0.05) is 19.8 Å². The molecule has 0 aromatic heterocycles. The van der Waals surface area contributed by atoms with Gasteiger partial charge in [0.05, 0.1) is 0 Å². The van der Waals surface area contributed by atoms with Gasteiger partial charge >= 0.3 is 5.97 Å². The molecule has 0 aliphatic heterocycles. The molecule has 15 heavy (non-hydrogen) atoms. The third-order valence-electron chi connectivity index (χ3n) is 3.00. The van der Waals surface area contributed by atoms with E-state index in [9.17, 15) is 9.00 Å². The predicted octanol–water partition coefficient (Wildman–Crippen LogP) is 2.18. The minimum atomic E-state index is -0.807. The normalized spacial score (nSPS) is 28.6. The van der Waals surface area contributed by atoms with Crippen LogP contribution in [0, 0.1) is 5.92 Å². The van der Waals surface area contributed by atoms with Crippen molar-refractivity contribution in [3.63, 3.8) is 0 Å². The number of hydrogen-bond acceptors (Lipinski definition) is 2. The Morgan fingerprint density at radius 3 is 2.80 bits per heavy atom. The standard InChI is InChI=1S/C11H20O3S/c1-9-4-2-5-10(8-9)15(14)7-3-6-11(12)13/h9-10H,2-8H2,1H3,(H,12,13). The summed E-state index contributed by atoms with van der Waals surface area (Å²) in [5.74, 6) is 0.458. The zero-order valence-electron chi connectivity index (χ0n) is 9.28. The average Bonchev–Trinajstić information content (AvgIpc) is 2.17. The largest absolute Gasteiger partial charge is 0.481 e.